The highest BCUT2D eigenvalue weighted by molar-refractivity contribution is 5.85. The number of anilines is 1. The number of hydrogen-bond acceptors (Lipinski definition) is 4. The maximum absolute atomic E-state index is 5.33. The summed E-state index contributed by atoms with van der Waals surface area (Å²) in [6.45, 7) is 0. The van der Waals surface area contributed by atoms with Gasteiger partial charge in [0.15, 0.2) is 0 Å². The van der Waals surface area contributed by atoms with Crippen LogP contribution in [0.1, 0.15) is 11.5 Å². The van der Waals surface area contributed by atoms with Crippen molar-refractivity contribution in [1.29, 1.82) is 0 Å². The summed E-state index contributed by atoms with van der Waals surface area (Å²) in [5.74, 6) is 0.791. The van der Waals surface area contributed by atoms with Crippen LogP contribution in [0.3, 0.4) is 0 Å². The number of nitrogens with zero attached hydrogens (tertiary/aromatic N) is 2. The Morgan fingerprint density at radius 1 is 1.13 bits per heavy atom. The van der Waals surface area contributed by atoms with Gasteiger partial charge in [-0.2, -0.15) is 4.98 Å². The zero-order chi connectivity index (χ0) is 9.80. The third kappa shape index (κ3) is 3.25. The van der Waals surface area contributed by atoms with Crippen LogP contribution in [-0.2, 0) is 12.8 Å². The van der Waals surface area contributed by atoms with E-state index in [0.29, 0.717) is 5.89 Å². The van der Waals surface area contributed by atoms with E-state index in [-0.39, 0.29) is 18.4 Å². The predicted octanol–water partition coefficient (Wildman–Crippen LogP) is 1.86. The van der Waals surface area contributed by atoms with Crippen LogP contribution < -0.4 is 5.73 Å². The number of benzene rings is 1. The van der Waals surface area contributed by atoms with Crippen molar-refractivity contribution in [1.82, 2.24) is 10.1 Å². The largest absolute Gasteiger partial charge is 0.365 e. The van der Waals surface area contributed by atoms with E-state index in [0.717, 1.165) is 12.8 Å². The van der Waals surface area contributed by atoms with Gasteiger partial charge in [0.05, 0.1) is 0 Å². The smallest absolute Gasteiger partial charge is 0.260 e. The Morgan fingerprint density at radius 3 is 2.47 bits per heavy atom. The Bertz CT molecular complexity index is 402. The van der Waals surface area contributed by atoms with Gasteiger partial charge < -0.3 is 10.3 Å². The zero-order valence-electron chi connectivity index (χ0n) is 8.09. The fraction of sp³-hybridized carbons (Fsp3) is 0.200. The molecule has 2 rings (SSSR count). The molecule has 0 saturated carbocycles. The van der Waals surface area contributed by atoms with Gasteiger partial charge in [-0.25, -0.2) is 0 Å². The highest BCUT2D eigenvalue weighted by Crippen LogP contribution is 2.05. The van der Waals surface area contributed by atoms with Crippen molar-refractivity contribution in [2.45, 2.75) is 12.8 Å². The number of aryl methyl sites for hydroxylation is 2. The van der Waals surface area contributed by atoms with Gasteiger partial charge in [-0.05, 0) is 17.1 Å². The normalized spacial score (nSPS) is 9.60. The summed E-state index contributed by atoms with van der Waals surface area (Å²) in [4.78, 5) is 3.93. The highest BCUT2D eigenvalue weighted by atomic mass is 35.5. The van der Waals surface area contributed by atoms with Gasteiger partial charge >= 0.3 is 0 Å². The molecular formula is C10H12ClN3O. The van der Waals surface area contributed by atoms with Gasteiger partial charge in [0.25, 0.3) is 5.95 Å². The van der Waals surface area contributed by atoms with Gasteiger partial charge in [0.2, 0.25) is 5.89 Å². The van der Waals surface area contributed by atoms with Crippen LogP contribution in [0.2, 0.25) is 0 Å². The Balaban J connectivity index is 0.00000112. The highest BCUT2D eigenvalue weighted by Gasteiger charge is 2.02. The fourth-order valence-corrected chi connectivity index (χ4v) is 1.27. The van der Waals surface area contributed by atoms with E-state index >= 15 is 0 Å². The number of nitrogens with two attached hydrogens (primary N) is 1. The van der Waals surface area contributed by atoms with E-state index in [4.69, 9.17) is 10.3 Å². The van der Waals surface area contributed by atoms with Crippen LogP contribution in [0.25, 0.3) is 0 Å². The van der Waals surface area contributed by atoms with Crippen molar-refractivity contribution in [2.24, 2.45) is 0 Å². The minimum Gasteiger partial charge on any atom is -0.365 e. The van der Waals surface area contributed by atoms with Gasteiger partial charge in [0.1, 0.15) is 0 Å². The van der Waals surface area contributed by atoms with Gasteiger partial charge in [-0.15, -0.1) is 12.4 Å². The number of aromatic nitrogens is 2. The first kappa shape index (κ1) is 11.5. The first-order valence-corrected chi connectivity index (χ1v) is 4.46. The lowest BCUT2D eigenvalue weighted by atomic mass is 10.1. The summed E-state index contributed by atoms with van der Waals surface area (Å²) < 4.78 is 4.90. The number of nitrogen functional groups attached to an aromatic ring is 1. The van der Waals surface area contributed by atoms with E-state index in [1.807, 2.05) is 18.2 Å². The van der Waals surface area contributed by atoms with Crippen molar-refractivity contribution in [3.8, 4) is 0 Å². The second-order valence-corrected chi connectivity index (χ2v) is 3.03. The molecule has 0 saturated heterocycles. The van der Waals surface area contributed by atoms with Gasteiger partial charge in [0, 0.05) is 6.42 Å². The Kier molecular flexibility index (Phi) is 4.12. The van der Waals surface area contributed by atoms with Crippen molar-refractivity contribution in [3.05, 3.63) is 41.8 Å². The maximum atomic E-state index is 5.33. The molecule has 4 nitrogen and oxygen atoms in total. The topological polar surface area (TPSA) is 64.9 Å². The van der Waals surface area contributed by atoms with Crippen LogP contribution in [0.5, 0.6) is 0 Å². The van der Waals surface area contributed by atoms with E-state index < -0.39 is 0 Å². The molecule has 0 fully saturated rings. The average molecular weight is 226 g/mol. The Morgan fingerprint density at radius 2 is 1.87 bits per heavy atom. The standard InChI is InChI=1S/C10H11N3O.ClH/c11-10-12-9(14-13-10)7-6-8-4-2-1-3-5-8;/h1-5H,6-7H2,(H2,11,13);1H. The van der Waals surface area contributed by atoms with Crippen LogP contribution in [-0.4, -0.2) is 10.1 Å². The third-order valence-electron chi connectivity index (χ3n) is 1.95. The monoisotopic (exact) mass is 225 g/mol. The second-order valence-electron chi connectivity index (χ2n) is 3.03. The molecule has 1 aromatic carbocycles. The molecule has 0 atom stereocenters. The fourth-order valence-electron chi connectivity index (χ4n) is 1.27. The minimum atomic E-state index is 0. The van der Waals surface area contributed by atoms with Gasteiger partial charge in [-0.3, -0.25) is 0 Å². The first-order chi connectivity index (χ1) is 6.84. The lowest BCUT2D eigenvalue weighted by molar-refractivity contribution is 0.379. The van der Waals surface area contributed by atoms with Crippen molar-refractivity contribution >= 4 is 18.4 Å². The lowest BCUT2D eigenvalue weighted by Crippen LogP contribution is -1.92. The molecule has 0 radical (unpaired) electrons. The third-order valence-corrected chi connectivity index (χ3v) is 1.95. The van der Waals surface area contributed by atoms with E-state index in [2.05, 4.69) is 22.3 Å². The van der Waals surface area contributed by atoms with Crippen molar-refractivity contribution in [3.63, 3.8) is 0 Å². The van der Waals surface area contributed by atoms with Crippen molar-refractivity contribution in [2.75, 3.05) is 5.73 Å². The lowest BCUT2D eigenvalue weighted by Gasteiger charge is -1.96. The number of hydrogen-bond donors (Lipinski definition) is 1. The molecule has 5 heteroatoms. The summed E-state index contributed by atoms with van der Waals surface area (Å²) in [6, 6.07) is 10.2. The summed E-state index contributed by atoms with van der Waals surface area (Å²) in [6.07, 6.45) is 1.62. The molecule has 0 aliphatic rings. The predicted molar refractivity (Wildman–Crippen MR) is 59.8 cm³/mol. The van der Waals surface area contributed by atoms with E-state index in [1.54, 1.807) is 0 Å². The van der Waals surface area contributed by atoms with Gasteiger partial charge in [-0.1, -0.05) is 30.3 Å². The molecule has 1 aromatic heterocycles. The first-order valence-electron chi connectivity index (χ1n) is 4.46. The van der Waals surface area contributed by atoms with Crippen LogP contribution >= 0.6 is 12.4 Å². The molecule has 80 valence electrons. The zero-order valence-corrected chi connectivity index (χ0v) is 8.91. The molecule has 2 N–H and O–H groups in total. The second kappa shape index (κ2) is 5.36. The molecule has 0 spiro atoms. The summed E-state index contributed by atoms with van der Waals surface area (Å²) in [5, 5.41) is 3.52. The molecule has 0 amide bonds. The molecule has 0 aliphatic carbocycles. The SMILES string of the molecule is Cl.Nc1noc(CCc2ccccc2)n1. The van der Waals surface area contributed by atoms with E-state index in [1.165, 1.54) is 5.56 Å². The van der Waals surface area contributed by atoms with Crippen LogP contribution in [0.15, 0.2) is 34.9 Å². The average Bonchev–Trinajstić information content (AvgIpc) is 2.63. The molecule has 0 bridgehead atoms. The maximum Gasteiger partial charge on any atom is 0.260 e. The Hall–Kier alpha value is -1.55. The molecule has 15 heavy (non-hydrogen) atoms. The number of halogens is 1. The van der Waals surface area contributed by atoms with Crippen LogP contribution in [0.4, 0.5) is 5.95 Å². The minimum absolute atomic E-state index is 0. The van der Waals surface area contributed by atoms with Crippen molar-refractivity contribution < 1.29 is 4.52 Å². The Labute approximate surface area is 93.9 Å². The molecule has 0 aliphatic heterocycles. The molecule has 0 unspecified atom stereocenters. The van der Waals surface area contributed by atoms with E-state index in [9.17, 15) is 0 Å². The van der Waals surface area contributed by atoms with Crippen LogP contribution in [0, 0.1) is 0 Å². The molecular weight excluding hydrogens is 214 g/mol. The number of rotatable bonds is 3. The quantitative estimate of drug-likeness (QED) is 0.866. The summed E-state index contributed by atoms with van der Waals surface area (Å²) >= 11 is 0. The molecule has 1 heterocycles. The summed E-state index contributed by atoms with van der Waals surface area (Å²) in [5.41, 5.74) is 6.59. The summed E-state index contributed by atoms with van der Waals surface area (Å²) in [7, 11) is 0. The molecule has 2 aromatic rings.